The van der Waals surface area contributed by atoms with Crippen LogP contribution in [0.5, 0.6) is 0 Å². The summed E-state index contributed by atoms with van der Waals surface area (Å²) in [6.07, 6.45) is 0. The molecule has 2 aromatic carbocycles. The predicted octanol–water partition coefficient (Wildman–Crippen LogP) is 4.81. The summed E-state index contributed by atoms with van der Waals surface area (Å²) in [7, 11) is -3.61. The Hall–Kier alpha value is -2.44. The number of aryl methyl sites for hydroxylation is 2. The number of rotatable bonds is 7. The van der Waals surface area contributed by atoms with Crippen molar-refractivity contribution in [1.29, 1.82) is 0 Å². The summed E-state index contributed by atoms with van der Waals surface area (Å²) in [4.78, 5) is 0.286. The third kappa shape index (κ3) is 4.51. The maximum Gasteiger partial charge on any atom is 0.243 e. The number of aromatic nitrogens is 1. The number of hydrogen-bond acceptors (Lipinski definition) is 4. The Bertz CT molecular complexity index is 1040. The molecular formula is C22H26N2O3S. The standard InChI is InChI=1S/C22H26N2O3S/c1-16(2)14-24(28(25,26)20-8-6-5-7-9-20)15-19-13-22(27-23-19)21-12-17(3)10-11-18(21)4/h5-13,16H,14-15H2,1-4H3. The Balaban J connectivity index is 1.91. The molecule has 0 aliphatic rings. The molecule has 6 heteroatoms. The summed E-state index contributed by atoms with van der Waals surface area (Å²) in [6.45, 7) is 8.61. The fourth-order valence-electron chi connectivity index (χ4n) is 3.09. The van der Waals surface area contributed by atoms with Gasteiger partial charge in [-0.25, -0.2) is 8.42 Å². The first-order chi connectivity index (χ1) is 13.3. The van der Waals surface area contributed by atoms with Crippen LogP contribution in [0.2, 0.25) is 0 Å². The molecule has 0 aliphatic heterocycles. The highest BCUT2D eigenvalue weighted by Crippen LogP contribution is 2.27. The van der Waals surface area contributed by atoms with Gasteiger partial charge in [0.1, 0.15) is 0 Å². The van der Waals surface area contributed by atoms with Gasteiger partial charge in [0.2, 0.25) is 10.0 Å². The van der Waals surface area contributed by atoms with Crippen molar-refractivity contribution in [3.05, 3.63) is 71.4 Å². The SMILES string of the molecule is Cc1ccc(C)c(-c2cc(CN(CC(C)C)S(=O)(=O)c3ccccc3)no2)c1. The van der Waals surface area contributed by atoms with Gasteiger partial charge in [-0.3, -0.25) is 0 Å². The van der Waals surface area contributed by atoms with Crippen molar-refractivity contribution in [3.8, 4) is 11.3 Å². The highest BCUT2D eigenvalue weighted by atomic mass is 32.2. The van der Waals surface area contributed by atoms with E-state index >= 15 is 0 Å². The van der Waals surface area contributed by atoms with E-state index < -0.39 is 10.0 Å². The second-order valence-electron chi connectivity index (χ2n) is 7.51. The van der Waals surface area contributed by atoms with Gasteiger partial charge < -0.3 is 4.52 Å². The largest absolute Gasteiger partial charge is 0.356 e. The molecule has 0 amide bonds. The molecule has 3 rings (SSSR count). The Morgan fingerprint density at radius 3 is 2.43 bits per heavy atom. The van der Waals surface area contributed by atoms with E-state index in [-0.39, 0.29) is 17.4 Å². The minimum Gasteiger partial charge on any atom is -0.356 e. The van der Waals surface area contributed by atoms with Gasteiger partial charge in [-0.1, -0.05) is 54.9 Å². The van der Waals surface area contributed by atoms with Crippen LogP contribution in [-0.2, 0) is 16.6 Å². The number of sulfonamides is 1. The average molecular weight is 399 g/mol. The van der Waals surface area contributed by atoms with Gasteiger partial charge in [0.25, 0.3) is 0 Å². The van der Waals surface area contributed by atoms with Crippen LogP contribution < -0.4 is 0 Å². The molecule has 148 valence electrons. The van der Waals surface area contributed by atoms with Crippen LogP contribution in [0.1, 0.15) is 30.7 Å². The number of hydrogen-bond donors (Lipinski definition) is 0. The van der Waals surface area contributed by atoms with Crippen molar-refractivity contribution >= 4 is 10.0 Å². The summed E-state index contributed by atoms with van der Waals surface area (Å²) in [5.74, 6) is 0.835. The van der Waals surface area contributed by atoms with Crippen LogP contribution in [0.15, 0.2) is 64.0 Å². The van der Waals surface area contributed by atoms with Crippen LogP contribution in [-0.4, -0.2) is 24.4 Å². The van der Waals surface area contributed by atoms with E-state index in [1.165, 1.54) is 4.31 Å². The van der Waals surface area contributed by atoms with Crippen molar-refractivity contribution in [3.63, 3.8) is 0 Å². The third-order valence-electron chi connectivity index (χ3n) is 4.51. The van der Waals surface area contributed by atoms with Crippen LogP contribution in [0.25, 0.3) is 11.3 Å². The molecule has 0 spiro atoms. The summed E-state index contributed by atoms with van der Waals surface area (Å²) < 4.78 is 33.2. The minimum absolute atomic E-state index is 0.170. The fourth-order valence-corrected chi connectivity index (χ4v) is 4.69. The molecule has 1 aromatic heterocycles. The van der Waals surface area contributed by atoms with Gasteiger partial charge in [-0.05, 0) is 43.5 Å². The first-order valence-corrected chi connectivity index (χ1v) is 10.8. The lowest BCUT2D eigenvalue weighted by atomic mass is 10.0. The normalized spacial score (nSPS) is 12.1. The molecule has 3 aromatic rings. The van der Waals surface area contributed by atoms with Gasteiger partial charge >= 0.3 is 0 Å². The van der Waals surface area contributed by atoms with E-state index in [2.05, 4.69) is 5.16 Å². The van der Waals surface area contributed by atoms with Crippen molar-refractivity contribution in [1.82, 2.24) is 9.46 Å². The Morgan fingerprint density at radius 1 is 1.04 bits per heavy atom. The average Bonchev–Trinajstić information content (AvgIpc) is 3.12. The lowest BCUT2D eigenvalue weighted by molar-refractivity contribution is 0.345. The zero-order valence-electron chi connectivity index (χ0n) is 16.7. The molecule has 5 nitrogen and oxygen atoms in total. The second-order valence-corrected chi connectivity index (χ2v) is 9.44. The van der Waals surface area contributed by atoms with Crippen LogP contribution >= 0.6 is 0 Å². The van der Waals surface area contributed by atoms with Crippen molar-refractivity contribution in [2.24, 2.45) is 5.92 Å². The molecule has 0 aliphatic carbocycles. The van der Waals surface area contributed by atoms with E-state index in [0.717, 1.165) is 16.7 Å². The summed E-state index contributed by atoms with van der Waals surface area (Å²) in [5.41, 5.74) is 3.78. The zero-order valence-corrected chi connectivity index (χ0v) is 17.5. The molecule has 0 atom stereocenters. The Labute approximate surface area is 167 Å². The van der Waals surface area contributed by atoms with E-state index in [0.29, 0.717) is 18.0 Å². The van der Waals surface area contributed by atoms with E-state index in [1.807, 2.05) is 52.0 Å². The Morgan fingerprint density at radius 2 is 1.75 bits per heavy atom. The first-order valence-electron chi connectivity index (χ1n) is 9.36. The van der Waals surface area contributed by atoms with Crippen molar-refractivity contribution in [2.75, 3.05) is 6.54 Å². The summed E-state index contributed by atoms with van der Waals surface area (Å²) in [5, 5.41) is 4.14. The molecule has 0 saturated heterocycles. The molecule has 0 unspecified atom stereocenters. The number of nitrogens with zero attached hydrogens (tertiary/aromatic N) is 2. The second kappa shape index (κ2) is 8.29. The fraction of sp³-hybridized carbons (Fsp3) is 0.318. The van der Waals surface area contributed by atoms with Gasteiger partial charge in [0, 0.05) is 18.2 Å². The van der Waals surface area contributed by atoms with Crippen molar-refractivity contribution in [2.45, 2.75) is 39.1 Å². The van der Waals surface area contributed by atoms with Crippen LogP contribution in [0.4, 0.5) is 0 Å². The van der Waals surface area contributed by atoms with Gasteiger partial charge in [0.05, 0.1) is 17.1 Å². The summed E-state index contributed by atoms with van der Waals surface area (Å²) >= 11 is 0. The molecule has 0 bridgehead atoms. The molecular weight excluding hydrogens is 372 g/mol. The monoisotopic (exact) mass is 398 g/mol. The topological polar surface area (TPSA) is 63.4 Å². The van der Waals surface area contributed by atoms with Gasteiger partial charge in [-0.2, -0.15) is 4.31 Å². The molecule has 0 N–H and O–H groups in total. The molecule has 0 fully saturated rings. The van der Waals surface area contributed by atoms with Gasteiger partial charge in [-0.15, -0.1) is 0 Å². The van der Waals surface area contributed by atoms with Crippen LogP contribution in [0, 0.1) is 19.8 Å². The minimum atomic E-state index is -3.61. The lowest BCUT2D eigenvalue weighted by Gasteiger charge is -2.23. The highest BCUT2D eigenvalue weighted by Gasteiger charge is 2.26. The van der Waals surface area contributed by atoms with E-state index in [1.54, 1.807) is 30.3 Å². The molecule has 1 heterocycles. The highest BCUT2D eigenvalue weighted by molar-refractivity contribution is 7.89. The summed E-state index contributed by atoms with van der Waals surface area (Å²) in [6, 6.07) is 16.5. The maximum atomic E-state index is 13.1. The quantitative estimate of drug-likeness (QED) is 0.573. The maximum absolute atomic E-state index is 13.1. The third-order valence-corrected chi connectivity index (χ3v) is 6.33. The first kappa shape index (κ1) is 20.3. The molecule has 28 heavy (non-hydrogen) atoms. The van der Waals surface area contributed by atoms with E-state index in [9.17, 15) is 8.42 Å². The van der Waals surface area contributed by atoms with Gasteiger partial charge in [0.15, 0.2) is 5.76 Å². The van der Waals surface area contributed by atoms with Crippen LogP contribution in [0.3, 0.4) is 0 Å². The molecule has 0 radical (unpaired) electrons. The smallest absolute Gasteiger partial charge is 0.243 e. The zero-order chi connectivity index (χ0) is 20.3. The Kier molecular flexibility index (Phi) is 6.01. The predicted molar refractivity (Wildman–Crippen MR) is 110 cm³/mol. The van der Waals surface area contributed by atoms with Crippen molar-refractivity contribution < 1.29 is 12.9 Å². The molecule has 0 saturated carbocycles. The van der Waals surface area contributed by atoms with E-state index in [4.69, 9.17) is 4.52 Å². The number of benzene rings is 2. The lowest BCUT2D eigenvalue weighted by Crippen LogP contribution is -2.33.